The molecule has 0 atom stereocenters. The highest BCUT2D eigenvalue weighted by atomic mass is 16.2. The number of benzene rings is 3. The molecule has 1 aliphatic rings. The maximum absolute atomic E-state index is 13.3. The molecule has 0 bridgehead atoms. The van der Waals surface area contributed by atoms with Crippen molar-refractivity contribution >= 4 is 16.7 Å². The number of aromatic nitrogens is 2. The Morgan fingerprint density at radius 2 is 1.68 bits per heavy atom. The van der Waals surface area contributed by atoms with Gasteiger partial charge in [-0.3, -0.25) is 9.48 Å². The topological polar surface area (TPSA) is 38.1 Å². The quantitative estimate of drug-likeness (QED) is 0.525. The van der Waals surface area contributed by atoms with Gasteiger partial charge in [-0.2, -0.15) is 5.10 Å². The summed E-state index contributed by atoms with van der Waals surface area (Å²) in [7, 11) is 1.98. The van der Waals surface area contributed by atoms with Crippen molar-refractivity contribution in [2.75, 3.05) is 6.54 Å². The molecule has 5 rings (SSSR count). The van der Waals surface area contributed by atoms with Crippen LogP contribution in [0.4, 0.5) is 0 Å². The van der Waals surface area contributed by atoms with Crippen LogP contribution in [-0.2, 0) is 20.0 Å². The van der Waals surface area contributed by atoms with Crippen LogP contribution in [0.2, 0.25) is 0 Å². The van der Waals surface area contributed by atoms with Crippen molar-refractivity contribution in [3.05, 3.63) is 89.6 Å². The van der Waals surface area contributed by atoms with Gasteiger partial charge in [0.1, 0.15) is 0 Å². The second-order valence-corrected chi connectivity index (χ2v) is 7.27. The summed E-state index contributed by atoms with van der Waals surface area (Å²) in [5, 5.41) is 6.84. The maximum atomic E-state index is 13.3. The number of aryl methyl sites for hydroxylation is 1. The molecule has 0 aliphatic carbocycles. The Balaban J connectivity index is 1.49. The van der Waals surface area contributed by atoms with E-state index in [1.165, 1.54) is 11.1 Å². The molecular formula is C24H21N3O. The van der Waals surface area contributed by atoms with E-state index in [0.29, 0.717) is 13.1 Å². The number of rotatable bonds is 2. The van der Waals surface area contributed by atoms with Crippen molar-refractivity contribution in [2.24, 2.45) is 7.05 Å². The fourth-order valence-corrected chi connectivity index (χ4v) is 4.23. The average Bonchev–Trinajstić information content (AvgIpc) is 3.08. The minimum absolute atomic E-state index is 0.0781. The lowest BCUT2D eigenvalue weighted by Crippen LogP contribution is -2.36. The lowest BCUT2D eigenvalue weighted by molar-refractivity contribution is 0.0734. The van der Waals surface area contributed by atoms with Gasteiger partial charge in [-0.05, 0) is 23.3 Å². The van der Waals surface area contributed by atoms with Crippen LogP contribution in [-0.4, -0.2) is 27.1 Å². The normalized spacial score (nSPS) is 13.5. The van der Waals surface area contributed by atoms with Gasteiger partial charge < -0.3 is 4.90 Å². The summed E-state index contributed by atoms with van der Waals surface area (Å²) >= 11 is 0. The Morgan fingerprint density at radius 1 is 0.929 bits per heavy atom. The van der Waals surface area contributed by atoms with Crippen LogP contribution in [0, 0.1) is 0 Å². The molecule has 0 spiro atoms. The van der Waals surface area contributed by atoms with E-state index >= 15 is 0 Å². The number of hydrogen-bond acceptors (Lipinski definition) is 2. The van der Waals surface area contributed by atoms with Crippen LogP contribution >= 0.6 is 0 Å². The van der Waals surface area contributed by atoms with Gasteiger partial charge in [0, 0.05) is 30.3 Å². The fraction of sp³-hybridized carbons (Fsp3) is 0.167. The van der Waals surface area contributed by atoms with Crippen molar-refractivity contribution in [3.63, 3.8) is 0 Å². The van der Waals surface area contributed by atoms with E-state index in [4.69, 9.17) is 5.10 Å². The van der Waals surface area contributed by atoms with Crippen LogP contribution < -0.4 is 0 Å². The lowest BCUT2D eigenvalue weighted by Gasteiger charge is -2.27. The summed E-state index contributed by atoms with van der Waals surface area (Å²) in [6, 6.07) is 24.3. The Bertz CT molecular complexity index is 1170. The Hall–Kier alpha value is -3.40. The zero-order chi connectivity index (χ0) is 19.1. The van der Waals surface area contributed by atoms with Gasteiger partial charge in [-0.15, -0.1) is 0 Å². The number of carbonyl (C=O) groups excluding carboxylic acids is 1. The van der Waals surface area contributed by atoms with Gasteiger partial charge in [0.25, 0.3) is 5.91 Å². The second-order valence-electron chi connectivity index (χ2n) is 7.27. The molecule has 1 aliphatic heterocycles. The van der Waals surface area contributed by atoms with Crippen LogP contribution in [0.25, 0.3) is 22.0 Å². The molecule has 1 amide bonds. The molecule has 4 aromatic rings. The third-order valence-electron chi connectivity index (χ3n) is 5.56. The van der Waals surface area contributed by atoms with E-state index in [2.05, 4.69) is 12.1 Å². The number of fused-ring (bicyclic) bond motifs is 2. The molecule has 1 aromatic heterocycles. The Labute approximate surface area is 164 Å². The molecule has 138 valence electrons. The third kappa shape index (κ3) is 2.69. The van der Waals surface area contributed by atoms with Crippen molar-refractivity contribution in [2.45, 2.75) is 13.0 Å². The number of nitrogens with zero attached hydrogens (tertiary/aromatic N) is 3. The molecule has 3 aromatic carbocycles. The highest BCUT2D eigenvalue weighted by Crippen LogP contribution is 2.31. The lowest BCUT2D eigenvalue weighted by atomic mass is 9.98. The summed E-state index contributed by atoms with van der Waals surface area (Å²) in [5.74, 6) is 0.0781. The zero-order valence-corrected chi connectivity index (χ0v) is 15.8. The Kier molecular flexibility index (Phi) is 3.97. The maximum Gasteiger partial charge on any atom is 0.254 e. The first-order valence-electron chi connectivity index (χ1n) is 9.59. The molecule has 28 heavy (non-hydrogen) atoms. The fourth-order valence-electron chi connectivity index (χ4n) is 4.23. The van der Waals surface area contributed by atoms with Crippen LogP contribution in [0.5, 0.6) is 0 Å². The summed E-state index contributed by atoms with van der Waals surface area (Å²) < 4.78 is 1.95. The second kappa shape index (κ2) is 6.64. The summed E-state index contributed by atoms with van der Waals surface area (Å²) in [5.41, 5.74) is 5.36. The number of carbonyl (C=O) groups is 1. The standard InChI is InChI=1S/C24H21N3O/c1-26-23(18-9-3-2-4-10-18)21-14-15-27(16-22(21)25-26)24(28)20-13-7-11-17-8-5-6-12-19(17)20/h2-13H,14-16H2,1H3. The van der Waals surface area contributed by atoms with Crippen LogP contribution in [0.1, 0.15) is 21.6 Å². The summed E-state index contributed by atoms with van der Waals surface area (Å²) in [6.07, 6.45) is 0.823. The van der Waals surface area contributed by atoms with E-state index < -0.39 is 0 Å². The molecule has 0 N–H and O–H groups in total. The first-order valence-corrected chi connectivity index (χ1v) is 9.59. The van der Waals surface area contributed by atoms with Crippen LogP contribution in [0.15, 0.2) is 72.8 Å². The monoisotopic (exact) mass is 367 g/mol. The van der Waals surface area contributed by atoms with Gasteiger partial charge in [-0.1, -0.05) is 66.7 Å². The van der Waals surface area contributed by atoms with Crippen molar-refractivity contribution < 1.29 is 4.79 Å². The van der Waals surface area contributed by atoms with Gasteiger partial charge in [0.05, 0.1) is 17.9 Å². The average molecular weight is 367 g/mol. The smallest absolute Gasteiger partial charge is 0.254 e. The number of amides is 1. The molecule has 0 saturated carbocycles. The zero-order valence-electron chi connectivity index (χ0n) is 15.8. The summed E-state index contributed by atoms with van der Waals surface area (Å²) in [6.45, 7) is 1.26. The van der Waals surface area contributed by atoms with Crippen molar-refractivity contribution in [1.29, 1.82) is 0 Å². The predicted molar refractivity (Wildman–Crippen MR) is 111 cm³/mol. The minimum atomic E-state index is 0.0781. The number of hydrogen-bond donors (Lipinski definition) is 0. The molecule has 0 unspecified atom stereocenters. The largest absolute Gasteiger partial charge is 0.332 e. The first kappa shape index (κ1) is 16.8. The molecule has 0 radical (unpaired) electrons. The third-order valence-corrected chi connectivity index (χ3v) is 5.56. The van der Waals surface area contributed by atoms with E-state index in [-0.39, 0.29) is 5.91 Å². The molecule has 0 fully saturated rings. The first-order chi connectivity index (χ1) is 13.7. The molecule has 0 saturated heterocycles. The molecular weight excluding hydrogens is 346 g/mol. The van der Waals surface area contributed by atoms with E-state index in [1.807, 2.05) is 77.3 Å². The van der Waals surface area contributed by atoms with Gasteiger partial charge >= 0.3 is 0 Å². The summed E-state index contributed by atoms with van der Waals surface area (Å²) in [4.78, 5) is 15.2. The van der Waals surface area contributed by atoms with Crippen molar-refractivity contribution in [1.82, 2.24) is 14.7 Å². The highest BCUT2D eigenvalue weighted by molar-refractivity contribution is 6.07. The van der Waals surface area contributed by atoms with E-state index in [0.717, 1.165) is 34.1 Å². The van der Waals surface area contributed by atoms with Crippen molar-refractivity contribution in [3.8, 4) is 11.3 Å². The van der Waals surface area contributed by atoms with Crippen LogP contribution in [0.3, 0.4) is 0 Å². The molecule has 2 heterocycles. The molecule has 4 heteroatoms. The minimum Gasteiger partial charge on any atom is -0.332 e. The molecule has 4 nitrogen and oxygen atoms in total. The van der Waals surface area contributed by atoms with E-state index in [1.54, 1.807) is 0 Å². The van der Waals surface area contributed by atoms with E-state index in [9.17, 15) is 4.79 Å². The Morgan fingerprint density at radius 3 is 2.54 bits per heavy atom. The highest BCUT2D eigenvalue weighted by Gasteiger charge is 2.28. The van der Waals surface area contributed by atoms with Gasteiger partial charge in [-0.25, -0.2) is 0 Å². The predicted octanol–water partition coefficient (Wildman–Crippen LogP) is 4.44. The SMILES string of the molecule is Cn1nc2c(c1-c1ccccc1)CCN(C(=O)c1cccc3ccccc13)C2. The van der Waals surface area contributed by atoms with Gasteiger partial charge in [0.2, 0.25) is 0 Å². The van der Waals surface area contributed by atoms with Gasteiger partial charge in [0.15, 0.2) is 0 Å².